The van der Waals surface area contributed by atoms with E-state index in [-0.39, 0.29) is 12.5 Å². The fourth-order valence-electron chi connectivity index (χ4n) is 9.67. The Balaban J connectivity index is 4.04. The standard InChI is InChI=1S/C66H127N2O6P/c1-6-8-10-12-14-16-18-20-22-24-26-27-28-29-30-31-32-33-34-35-36-37-38-39-40-41-42-44-46-48-50-52-54-56-58-60-66(70)67-64(63-74-75(71,72)73-62-61-68(3,4)5)65(69)59-57-55-53-51-49-47-45-43-25-23-21-19-17-15-13-11-9-7-2/h28-29,31-32,49,51,57,59,64-65,69H,6-27,30,33-48,50,52-56,58,60-63H2,1-5H3,(H-,67,70,71,72)/b29-28-,32-31-,51-49+,59-57+. The minimum absolute atomic E-state index is 0.00587. The Labute approximate surface area is 467 Å². The summed E-state index contributed by atoms with van der Waals surface area (Å²) in [4.78, 5) is 25.5. The summed E-state index contributed by atoms with van der Waals surface area (Å²) in [5.74, 6) is -0.203. The predicted octanol–water partition coefficient (Wildman–Crippen LogP) is 19.6. The Bertz CT molecular complexity index is 1360. The lowest BCUT2D eigenvalue weighted by molar-refractivity contribution is -0.870. The van der Waals surface area contributed by atoms with Crippen LogP contribution in [0.4, 0.5) is 0 Å². The van der Waals surface area contributed by atoms with Crippen molar-refractivity contribution in [3.8, 4) is 0 Å². The number of allylic oxidation sites excluding steroid dienone is 7. The summed E-state index contributed by atoms with van der Waals surface area (Å²) >= 11 is 0. The van der Waals surface area contributed by atoms with Gasteiger partial charge in [0.15, 0.2) is 0 Å². The van der Waals surface area contributed by atoms with Crippen LogP contribution in [0.2, 0.25) is 0 Å². The van der Waals surface area contributed by atoms with Crippen molar-refractivity contribution < 1.29 is 32.9 Å². The number of hydrogen-bond acceptors (Lipinski definition) is 6. The van der Waals surface area contributed by atoms with E-state index >= 15 is 0 Å². The number of phosphoric acid groups is 1. The van der Waals surface area contributed by atoms with Crippen molar-refractivity contribution in [2.45, 2.75) is 328 Å². The minimum atomic E-state index is -4.61. The largest absolute Gasteiger partial charge is 0.756 e. The highest BCUT2D eigenvalue weighted by molar-refractivity contribution is 7.45. The molecule has 9 heteroatoms. The van der Waals surface area contributed by atoms with Gasteiger partial charge in [0, 0.05) is 6.42 Å². The third kappa shape index (κ3) is 60.0. The highest BCUT2D eigenvalue weighted by Gasteiger charge is 2.23. The zero-order valence-electron chi connectivity index (χ0n) is 50.5. The van der Waals surface area contributed by atoms with Crippen molar-refractivity contribution in [2.75, 3.05) is 40.9 Å². The van der Waals surface area contributed by atoms with Crippen molar-refractivity contribution in [2.24, 2.45) is 0 Å². The molecule has 3 unspecified atom stereocenters. The first-order valence-corrected chi connectivity index (χ1v) is 34.0. The van der Waals surface area contributed by atoms with E-state index in [9.17, 15) is 19.4 Å². The number of hydrogen-bond donors (Lipinski definition) is 2. The molecule has 0 aliphatic carbocycles. The van der Waals surface area contributed by atoms with Gasteiger partial charge in [0.2, 0.25) is 5.91 Å². The Morgan fingerprint density at radius 3 is 1.16 bits per heavy atom. The van der Waals surface area contributed by atoms with E-state index in [0.29, 0.717) is 17.4 Å². The highest BCUT2D eigenvalue weighted by atomic mass is 31.2. The van der Waals surface area contributed by atoms with Gasteiger partial charge in [-0.05, 0) is 64.2 Å². The van der Waals surface area contributed by atoms with E-state index in [1.807, 2.05) is 27.2 Å². The molecule has 0 aromatic rings. The number of phosphoric ester groups is 1. The second kappa shape index (κ2) is 57.2. The van der Waals surface area contributed by atoms with Crippen molar-refractivity contribution in [3.63, 3.8) is 0 Å². The molecule has 0 aromatic carbocycles. The molecular weight excluding hydrogens is 948 g/mol. The van der Waals surface area contributed by atoms with Gasteiger partial charge in [-0.15, -0.1) is 0 Å². The van der Waals surface area contributed by atoms with Gasteiger partial charge in [-0.1, -0.05) is 294 Å². The molecule has 8 nitrogen and oxygen atoms in total. The van der Waals surface area contributed by atoms with E-state index in [0.717, 1.165) is 44.9 Å². The molecule has 0 heterocycles. The summed E-state index contributed by atoms with van der Waals surface area (Å²) in [5, 5.41) is 13.9. The molecule has 0 saturated carbocycles. The lowest BCUT2D eigenvalue weighted by atomic mass is 10.0. The zero-order valence-corrected chi connectivity index (χ0v) is 51.4. The average molecular weight is 1080 g/mol. The first-order valence-electron chi connectivity index (χ1n) is 32.5. The first-order chi connectivity index (χ1) is 36.5. The third-order valence-electron chi connectivity index (χ3n) is 14.8. The van der Waals surface area contributed by atoms with Crippen LogP contribution in [-0.2, 0) is 18.4 Å². The lowest BCUT2D eigenvalue weighted by Gasteiger charge is -2.29. The van der Waals surface area contributed by atoms with Crippen molar-refractivity contribution in [1.82, 2.24) is 5.32 Å². The van der Waals surface area contributed by atoms with Gasteiger partial charge in [0.05, 0.1) is 39.9 Å². The van der Waals surface area contributed by atoms with Gasteiger partial charge < -0.3 is 28.8 Å². The second-order valence-corrected chi connectivity index (χ2v) is 24.9. The molecule has 3 atom stereocenters. The fraction of sp³-hybridized carbons (Fsp3) is 0.864. The number of carbonyl (C=O) groups is 1. The molecule has 0 aliphatic heterocycles. The second-order valence-electron chi connectivity index (χ2n) is 23.5. The molecule has 0 saturated heterocycles. The molecule has 0 radical (unpaired) electrons. The summed E-state index contributed by atoms with van der Waals surface area (Å²) in [6.07, 6.45) is 76.5. The van der Waals surface area contributed by atoms with Crippen molar-refractivity contribution >= 4 is 13.7 Å². The van der Waals surface area contributed by atoms with Crippen LogP contribution in [0.1, 0.15) is 316 Å². The van der Waals surface area contributed by atoms with E-state index in [1.165, 1.54) is 250 Å². The Hall–Kier alpha value is -1.54. The maximum absolute atomic E-state index is 13.0. The maximum atomic E-state index is 13.0. The molecule has 2 N–H and O–H groups in total. The van der Waals surface area contributed by atoms with Crippen LogP contribution in [0.3, 0.4) is 0 Å². The molecule has 0 spiro atoms. The number of unbranched alkanes of at least 4 members (excludes halogenated alkanes) is 41. The molecule has 442 valence electrons. The lowest BCUT2D eigenvalue weighted by Crippen LogP contribution is -2.45. The molecule has 0 rings (SSSR count). The smallest absolute Gasteiger partial charge is 0.268 e. The van der Waals surface area contributed by atoms with E-state index < -0.39 is 26.6 Å². The maximum Gasteiger partial charge on any atom is 0.268 e. The highest BCUT2D eigenvalue weighted by Crippen LogP contribution is 2.38. The van der Waals surface area contributed by atoms with Gasteiger partial charge in [-0.2, -0.15) is 0 Å². The first kappa shape index (κ1) is 73.5. The molecule has 0 aliphatic rings. The number of aliphatic hydroxyl groups excluding tert-OH is 1. The average Bonchev–Trinajstić information content (AvgIpc) is 3.37. The molecule has 0 bridgehead atoms. The van der Waals surface area contributed by atoms with E-state index in [2.05, 4.69) is 55.6 Å². The normalized spacial score (nSPS) is 14.1. The molecular formula is C66H127N2O6P. The van der Waals surface area contributed by atoms with E-state index in [1.54, 1.807) is 6.08 Å². The number of rotatable bonds is 60. The van der Waals surface area contributed by atoms with E-state index in [4.69, 9.17) is 9.05 Å². The monoisotopic (exact) mass is 1070 g/mol. The topological polar surface area (TPSA) is 108 Å². The molecule has 1 amide bonds. The van der Waals surface area contributed by atoms with Crippen LogP contribution >= 0.6 is 7.82 Å². The van der Waals surface area contributed by atoms with Crippen LogP contribution in [0.25, 0.3) is 0 Å². The van der Waals surface area contributed by atoms with Gasteiger partial charge in [0.25, 0.3) is 7.82 Å². The number of nitrogens with zero attached hydrogens (tertiary/aromatic N) is 1. The Kier molecular flexibility index (Phi) is 56.0. The van der Waals surface area contributed by atoms with Crippen molar-refractivity contribution in [1.29, 1.82) is 0 Å². The van der Waals surface area contributed by atoms with Crippen LogP contribution < -0.4 is 10.2 Å². The van der Waals surface area contributed by atoms with Crippen LogP contribution in [-0.4, -0.2) is 68.5 Å². The summed E-state index contributed by atoms with van der Waals surface area (Å²) in [6.45, 7) is 4.66. The summed E-state index contributed by atoms with van der Waals surface area (Å²) in [5.41, 5.74) is 0. The predicted molar refractivity (Wildman–Crippen MR) is 325 cm³/mol. The summed E-state index contributed by atoms with van der Waals surface area (Å²) in [6, 6.07) is -0.904. The number of quaternary nitrogens is 1. The Morgan fingerprint density at radius 1 is 0.467 bits per heavy atom. The number of amides is 1. The van der Waals surface area contributed by atoms with Crippen LogP contribution in [0.15, 0.2) is 48.6 Å². The number of carbonyl (C=O) groups excluding carboxylic acids is 1. The van der Waals surface area contributed by atoms with Gasteiger partial charge in [-0.25, -0.2) is 0 Å². The molecule has 75 heavy (non-hydrogen) atoms. The fourth-order valence-corrected chi connectivity index (χ4v) is 10.4. The van der Waals surface area contributed by atoms with Crippen molar-refractivity contribution in [3.05, 3.63) is 48.6 Å². The molecule has 0 aromatic heterocycles. The quantitative estimate of drug-likeness (QED) is 0.0272. The number of likely N-dealkylation sites (N-methyl/N-ethyl adjacent to an activating group) is 1. The molecule has 0 fully saturated rings. The summed E-state index contributed by atoms with van der Waals surface area (Å²) in [7, 11) is 1.25. The van der Waals surface area contributed by atoms with Crippen LogP contribution in [0, 0.1) is 0 Å². The zero-order chi connectivity index (χ0) is 54.9. The van der Waals surface area contributed by atoms with Gasteiger partial charge in [0.1, 0.15) is 13.2 Å². The van der Waals surface area contributed by atoms with Gasteiger partial charge in [-0.3, -0.25) is 9.36 Å². The number of aliphatic hydroxyl groups is 1. The number of nitrogens with one attached hydrogen (secondary N) is 1. The third-order valence-corrected chi connectivity index (χ3v) is 15.7. The van der Waals surface area contributed by atoms with Gasteiger partial charge >= 0.3 is 0 Å². The Morgan fingerprint density at radius 2 is 0.787 bits per heavy atom. The summed E-state index contributed by atoms with van der Waals surface area (Å²) < 4.78 is 23.4. The van der Waals surface area contributed by atoms with Crippen LogP contribution in [0.5, 0.6) is 0 Å². The SMILES string of the molecule is CCCCCCCCCCCCC/C=C\C/C=C\CCCCCCCCCCCCCCCCCCCC(=O)NC(COP(=O)([O-])OCC[N+](C)(C)C)C(O)/C=C/CC/C=C/CCCCCCCCCCCCCC. The minimum Gasteiger partial charge on any atom is -0.756 e.